The fraction of sp³-hybridized carbons (Fsp3) is 0.361. The van der Waals surface area contributed by atoms with E-state index in [4.69, 9.17) is 14.1 Å². The Balaban J connectivity index is 0.00000448. The van der Waals surface area contributed by atoms with Gasteiger partial charge in [-0.05, 0) is 81.7 Å². The highest BCUT2D eigenvalue weighted by molar-refractivity contribution is 7.92. The summed E-state index contributed by atoms with van der Waals surface area (Å²) in [4.78, 5) is 29.3. The number of furan rings is 1. The summed E-state index contributed by atoms with van der Waals surface area (Å²) in [6.07, 6.45) is 5.81. The van der Waals surface area contributed by atoms with Gasteiger partial charge in [0.25, 0.3) is 10.0 Å². The van der Waals surface area contributed by atoms with Crippen LogP contribution in [0.1, 0.15) is 77.4 Å². The van der Waals surface area contributed by atoms with Crippen LogP contribution in [0.4, 0.5) is 10.3 Å². The summed E-state index contributed by atoms with van der Waals surface area (Å²) in [6.45, 7) is 4.17. The van der Waals surface area contributed by atoms with Crippen molar-refractivity contribution in [1.29, 1.82) is 0 Å². The summed E-state index contributed by atoms with van der Waals surface area (Å²) in [5, 5.41) is 12.8. The van der Waals surface area contributed by atoms with Gasteiger partial charge < -0.3 is 19.6 Å². The number of alkyl halides is 1. The third-order valence-corrected chi connectivity index (χ3v) is 10.5. The smallest absolute Gasteiger partial charge is 0.335 e. The lowest BCUT2D eigenvalue weighted by molar-refractivity contribution is 0.0346. The maximum atomic E-state index is 15.5. The lowest BCUT2D eigenvalue weighted by Gasteiger charge is -2.36. The average molecular weight is 737 g/mol. The molecule has 2 aromatic carbocycles. The number of carbonyl (C=O) groups is 1. The SMILES string of the molecule is Cc1cccc(C)c1-c1cc(OC[C@@H](CC2(F)CCC2)NCc2cnc3oc(C4CC4)cc3n2)nc(NS(=O)(=O)c2cccc(C(=O)O)c2)n1.Cl. The van der Waals surface area contributed by atoms with Crippen molar-refractivity contribution in [3.63, 3.8) is 0 Å². The minimum Gasteiger partial charge on any atom is -0.478 e. The summed E-state index contributed by atoms with van der Waals surface area (Å²) >= 11 is 0. The van der Waals surface area contributed by atoms with Gasteiger partial charge in [0.2, 0.25) is 17.5 Å². The van der Waals surface area contributed by atoms with Crippen LogP contribution in [0.3, 0.4) is 0 Å². The van der Waals surface area contributed by atoms with Gasteiger partial charge in [0, 0.05) is 36.2 Å². The zero-order valence-corrected chi connectivity index (χ0v) is 29.7. The molecule has 0 spiro atoms. The number of benzene rings is 2. The van der Waals surface area contributed by atoms with Crippen LogP contribution in [0.25, 0.3) is 22.5 Å². The normalized spacial score (nSPS) is 15.8. The van der Waals surface area contributed by atoms with Crippen LogP contribution < -0.4 is 14.8 Å². The second kappa shape index (κ2) is 14.5. The van der Waals surface area contributed by atoms with Crippen molar-refractivity contribution in [2.24, 2.45) is 0 Å². The minimum atomic E-state index is -4.29. The Bertz CT molecular complexity index is 2170. The third-order valence-electron chi connectivity index (χ3n) is 9.21. The summed E-state index contributed by atoms with van der Waals surface area (Å²) in [7, 11) is -4.29. The highest BCUT2D eigenvalue weighted by atomic mass is 35.5. The highest BCUT2D eigenvalue weighted by Crippen LogP contribution is 2.42. The van der Waals surface area contributed by atoms with Crippen molar-refractivity contribution >= 4 is 45.6 Å². The molecule has 1 atom stereocenters. The summed E-state index contributed by atoms with van der Waals surface area (Å²) < 4.78 is 56.7. The van der Waals surface area contributed by atoms with Crippen LogP contribution in [0.15, 0.2) is 70.1 Å². The molecule has 15 heteroatoms. The Morgan fingerprint density at radius 1 is 1.08 bits per heavy atom. The lowest BCUT2D eigenvalue weighted by Crippen LogP contribution is -2.44. The topological polar surface area (TPSA) is 169 Å². The second-order valence-electron chi connectivity index (χ2n) is 13.2. The van der Waals surface area contributed by atoms with Crippen molar-refractivity contribution in [3.05, 3.63) is 88.9 Å². The van der Waals surface area contributed by atoms with E-state index in [1.54, 1.807) is 12.3 Å². The first-order valence-electron chi connectivity index (χ1n) is 16.6. The molecule has 2 aliphatic carbocycles. The summed E-state index contributed by atoms with van der Waals surface area (Å²) in [6, 6.07) is 13.9. The van der Waals surface area contributed by atoms with Gasteiger partial charge >= 0.3 is 5.97 Å². The van der Waals surface area contributed by atoms with E-state index in [1.165, 1.54) is 18.2 Å². The van der Waals surface area contributed by atoms with E-state index in [-0.39, 0.29) is 47.7 Å². The first kappa shape index (κ1) is 36.1. The number of anilines is 1. The maximum Gasteiger partial charge on any atom is 0.335 e. The van der Waals surface area contributed by atoms with Crippen LogP contribution in [0, 0.1) is 13.8 Å². The molecule has 3 aromatic heterocycles. The van der Waals surface area contributed by atoms with Gasteiger partial charge in [-0.25, -0.2) is 37.3 Å². The van der Waals surface area contributed by atoms with Crippen molar-refractivity contribution in [3.8, 4) is 17.1 Å². The second-order valence-corrected chi connectivity index (χ2v) is 14.9. The highest BCUT2D eigenvalue weighted by Gasteiger charge is 2.39. The van der Waals surface area contributed by atoms with E-state index in [1.807, 2.05) is 38.1 Å². The standard InChI is InChI=1S/C36H37FN6O6S.ClH/c1-21-6-3-7-22(2)32(21)28-16-31(42-35(41-28)43-50(46,47)27-9-4-8-24(14-27)34(44)45)48-20-25(17-36(37)12-5-13-36)38-18-26-19-39-33-29(40-26)15-30(49-33)23-10-11-23;/h3-4,6-9,14-16,19,23,25,38H,5,10-13,17-18,20H2,1-2H3,(H,44,45)(H,41,42,43);1H/t25-;/m1./s1. The number of ether oxygens (including phenoxy) is 1. The van der Waals surface area contributed by atoms with Crippen molar-refractivity contribution in [1.82, 2.24) is 25.3 Å². The molecule has 12 nitrogen and oxygen atoms in total. The number of nitrogens with zero attached hydrogens (tertiary/aromatic N) is 4. The molecule has 7 rings (SSSR count). The van der Waals surface area contributed by atoms with E-state index in [9.17, 15) is 18.3 Å². The summed E-state index contributed by atoms with van der Waals surface area (Å²) in [5.74, 6) is -0.103. The first-order valence-corrected chi connectivity index (χ1v) is 18.1. The molecule has 2 aliphatic rings. The summed E-state index contributed by atoms with van der Waals surface area (Å²) in [5.41, 5.74) is 3.36. The maximum absolute atomic E-state index is 15.5. The molecule has 2 fully saturated rings. The number of hydrogen-bond donors (Lipinski definition) is 3. The number of carboxylic acid groups (broad SMARTS) is 1. The van der Waals surface area contributed by atoms with Crippen molar-refractivity contribution in [2.75, 3.05) is 11.3 Å². The first-order chi connectivity index (χ1) is 23.9. The van der Waals surface area contributed by atoms with Gasteiger partial charge in [-0.3, -0.25) is 0 Å². The molecule has 51 heavy (non-hydrogen) atoms. The molecule has 0 bridgehead atoms. The lowest BCUT2D eigenvalue weighted by atomic mass is 9.77. The van der Waals surface area contributed by atoms with Crippen LogP contribution >= 0.6 is 12.4 Å². The Morgan fingerprint density at radius 2 is 1.82 bits per heavy atom. The zero-order valence-electron chi connectivity index (χ0n) is 28.1. The van der Waals surface area contributed by atoms with Gasteiger partial charge in [0.05, 0.1) is 28.0 Å². The van der Waals surface area contributed by atoms with Crippen molar-refractivity contribution in [2.45, 2.75) is 81.4 Å². The number of aromatic nitrogens is 4. The van der Waals surface area contributed by atoms with Crippen LogP contribution in [0.5, 0.6) is 5.88 Å². The molecular weight excluding hydrogens is 699 g/mol. The minimum absolute atomic E-state index is 0. The number of nitrogens with one attached hydrogen (secondary N) is 2. The molecule has 0 saturated heterocycles. The number of aryl methyl sites for hydroxylation is 2. The third kappa shape index (κ3) is 8.29. The number of hydrogen-bond acceptors (Lipinski definition) is 10. The number of aromatic carboxylic acids is 1. The zero-order chi connectivity index (χ0) is 35.0. The number of fused-ring (bicyclic) bond motifs is 1. The Hall–Kier alpha value is -4.66. The quantitative estimate of drug-likeness (QED) is 0.108. The molecular formula is C36H38ClFN6O6S. The molecule has 0 radical (unpaired) electrons. The largest absolute Gasteiger partial charge is 0.478 e. The number of halogens is 2. The van der Waals surface area contributed by atoms with Crippen LogP contribution in [-0.4, -0.2) is 57.7 Å². The Morgan fingerprint density at radius 3 is 2.51 bits per heavy atom. The predicted molar refractivity (Wildman–Crippen MR) is 191 cm³/mol. The van der Waals surface area contributed by atoms with Gasteiger partial charge in [-0.1, -0.05) is 24.3 Å². The molecule has 0 unspecified atom stereocenters. The molecule has 0 aliphatic heterocycles. The van der Waals surface area contributed by atoms with Gasteiger partial charge in [-0.15, -0.1) is 12.4 Å². The molecule has 3 N–H and O–H groups in total. The fourth-order valence-electron chi connectivity index (χ4n) is 6.23. The Kier molecular flexibility index (Phi) is 10.3. The van der Waals surface area contributed by atoms with Crippen molar-refractivity contribution < 1.29 is 31.9 Å². The van der Waals surface area contributed by atoms with E-state index in [2.05, 4.69) is 25.0 Å². The van der Waals surface area contributed by atoms with Gasteiger partial charge in [-0.2, -0.15) is 4.98 Å². The van der Waals surface area contributed by atoms with Crippen LogP contribution in [-0.2, 0) is 16.6 Å². The van der Waals surface area contributed by atoms with Gasteiger partial charge in [0.15, 0.2) is 0 Å². The van der Waals surface area contributed by atoms with Gasteiger partial charge in [0.1, 0.15) is 23.6 Å². The van der Waals surface area contributed by atoms with E-state index in [0.717, 1.165) is 47.8 Å². The molecule has 5 aromatic rings. The van der Waals surface area contributed by atoms with E-state index in [0.29, 0.717) is 47.9 Å². The predicted octanol–water partition coefficient (Wildman–Crippen LogP) is 6.91. The van der Waals surface area contributed by atoms with E-state index < -0.39 is 27.7 Å². The number of rotatable bonds is 14. The fourth-order valence-corrected chi connectivity index (χ4v) is 7.22. The Labute approximate surface area is 300 Å². The number of carboxylic acids is 1. The molecule has 3 heterocycles. The molecule has 2 saturated carbocycles. The average Bonchev–Trinajstić information content (AvgIpc) is 3.83. The molecule has 0 amide bonds. The number of sulfonamides is 1. The van der Waals surface area contributed by atoms with E-state index >= 15 is 4.39 Å². The van der Waals surface area contributed by atoms with Crippen LogP contribution in [0.2, 0.25) is 0 Å². The monoisotopic (exact) mass is 736 g/mol. The molecule has 268 valence electrons.